The molecule has 1 aliphatic carbocycles. The zero-order chi connectivity index (χ0) is 23.5. The molecule has 5 nitrogen and oxygen atoms in total. The number of anilines is 1. The molecule has 33 heavy (non-hydrogen) atoms. The number of nitrogens with zero attached hydrogens (tertiary/aromatic N) is 2. The molecule has 1 atom stereocenters. The van der Waals surface area contributed by atoms with Gasteiger partial charge in [-0.3, -0.25) is 14.5 Å². The topological polar surface area (TPSA) is 62.3 Å². The number of carbonyl (C=O) groups excluding carboxylic acids is 2. The normalized spacial score (nSPS) is 14.8. The minimum atomic E-state index is -1.13. The smallest absolute Gasteiger partial charge is 0.280 e. The lowest BCUT2D eigenvalue weighted by Crippen LogP contribution is -2.46. The highest BCUT2D eigenvalue weighted by Crippen LogP contribution is 2.36. The van der Waals surface area contributed by atoms with E-state index in [9.17, 15) is 9.59 Å². The summed E-state index contributed by atoms with van der Waals surface area (Å²) in [4.78, 5) is 28.5. The van der Waals surface area contributed by atoms with Crippen molar-refractivity contribution in [2.24, 2.45) is 0 Å². The van der Waals surface area contributed by atoms with Crippen LogP contribution < -0.4 is 10.2 Å². The maximum Gasteiger partial charge on any atom is 0.280 e. The van der Waals surface area contributed by atoms with Gasteiger partial charge in [0.05, 0.1) is 5.69 Å². The summed E-state index contributed by atoms with van der Waals surface area (Å²) >= 11 is 13.1. The molecule has 0 aliphatic heterocycles. The molecule has 0 saturated heterocycles. The van der Waals surface area contributed by atoms with Crippen LogP contribution in [-0.2, 0) is 4.79 Å². The van der Waals surface area contributed by atoms with Crippen LogP contribution in [0.5, 0.6) is 0 Å². The van der Waals surface area contributed by atoms with Gasteiger partial charge in [0.25, 0.3) is 5.91 Å². The first-order valence-electron chi connectivity index (χ1n) is 10.6. The summed E-state index contributed by atoms with van der Waals surface area (Å²) in [6.45, 7) is 1.92. The zero-order valence-electron chi connectivity index (χ0n) is 17.9. The number of nitrogens with one attached hydrogen (secondary N) is 1. The molecule has 1 aliphatic rings. The van der Waals surface area contributed by atoms with E-state index in [-0.39, 0.29) is 32.7 Å². The highest BCUT2D eigenvalue weighted by molar-refractivity contribution is 7.11. The molecule has 0 bridgehead atoms. The Morgan fingerprint density at radius 1 is 1.12 bits per heavy atom. The Hall–Kier alpha value is -2.48. The largest absolute Gasteiger partial charge is 0.351 e. The van der Waals surface area contributed by atoms with E-state index in [1.165, 1.54) is 18.2 Å². The van der Waals surface area contributed by atoms with Crippen molar-refractivity contribution in [2.45, 2.75) is 44.7 Å². The summed E-state index contributed by atoms with van der Waals surface area (Å²) < 4.78 is 19.3. The molecule has 4 rings (SSSR count). The first kappa shape index (κ1) is 23.7. The van der Waals surface area contributed by atoms with E-state index in [2.05, 4.69) is 9.69 Å². The molecule has 0 unspecified atom stereocenters. The number of carbonyl (C=O) groups is 2. The summed E-state index contributed by atoms with van der Waals surface area (Å²) in [6.07, 6.45) is 3.80. The quantitative estimate of drug-likeness (QED) is 0.424. The molecule has 0 spiro atoms. The third-order valence-electron chi connectivity index (χ3n) is 5.73. The van der Waals surface area contributed by atoms with Crippen LogP contribution in [0.3, 0.4) is 0 Å². The van der Waals surface area contributed by atoms with Gasteiger partial charge in [-0.2, -0.15) is 4.37 Å². The second-order valence-corrected chi connectivity index (χ2v) is 9.80. The Kier molecular flexibility index (Phi) is 7.32. The molecule has 1 N–H and O–H groups in total. The molecule has 9 heteroatoms. The van der Waals surface area contributed by atoms with Gasteiger partial charge in [0, 0.05) is 6.04 Å². The van der Waals surface area contributed by atoms with Crippen molar-refractivity contribution < 1.29 is 14.0 Å². The standard InChI is InChI=1S/C24H22Cl2FN3O2S/c1-14-10-12-15(13-11-14)21(23(31)28-16-6-2-3-7-16)30(18-9-5-4-8-17(18)27)24(32)20-19(25)22(26)33-29-20/h4-5,8-13,16,21H,2-3,6-7H2,1H3,(H,28,31)/t21-/m0/s1. The van der Waals surface area contributed by atoms with Crippen molar-refractivity contribution in [3.05, 3.63) is 80.5 Å². The number of aromatic nitrogens is 1. The Morgan fingerprint density at radius 2 is 1.79 bits per heavy atom. The number of hydrogen-bond acceptors (Lipinski definition) is 4. The van der Waals surface area contributed by atoms with Gasteiger partial charge < -0.3 is 5.32 Å². The predicted molar refractivity (Wildman–Crippen MR) is 130 cm³/mol. The van der Waals surface area contributed by atoms with E-state index < -0.39 is 17.8 Å². The lowest BCUT2D eigenvalue weighted by Gasteiger charge is -2.32. The Labute approximate surface area is 205 Å². The van der Waals surface area contributed by atoms with E-state index in [1.807, 2.05) is 19.1 Å². The van der Waals surface area contributed by atoms with Crippen LogP contribution in [0.4, 0.5) is 10.1 Å². The zero-order valence-corrected chi connectivity index (χ0v) is 20.2. The molecule has 1 fully saturated rings. The third-order valence-corrected chi connectivity index (χ3v) is 7.34. The fourth-order valence-corrected chi connectivity index (χ4v) is 5.02. The second-order valence-electron chi connectivity index (χ2n) is 8.05. The Morgan fingerprint density at radius 3 is 2.39 bits per heavy atom. The van der Waals surface area contributed by atoms with E-state index in [4.69, 9.17) is 23.2 Å². The molecular weight excluding hydrogens is 484 g/mol. The predicted octanol–water partition coefficient (Wildman–Crippen LogP) is 6.34. The van der Waals surface area contributed by atoms with Crippen molar-refractivity contribution in [3.8, 4) is 0 Å². The number of benzene rings is 2. The van der Waals surface area contributed by atoms with Crippen LogP contribution in [0.15, 0.2) is 48.5 Å². The molecule has 2 aromatic carbocycles. The van der Waals surface area contributed by atoms with E-state index in [0.717, 1.165) is 47.7 Å². The van der Waals surface area contributed by atoms with Gasteiger partial charge in [-0.25, -0.2) is 4.39 Å². The molecular formula is C24H22Cl2FN3O2S. The Bertz CT molecular complexity index is 1160. The second kappa shape index (κ2) is 10.2. The lowest BCUT2D eigenvalue weighted by molar-refractivity contribution is -0.123. The van der Waals surface area contributed by atoms with E-state index in [1.54, 1.807) is 18.2 Å². The first-order chi connectivity index (χ1) is 15.9. The van der Waals surface area contributed by atoms with Crippen molar-refractivity contribution in [2.75, 3.05) is 4.90 Å². The Balaban J connectivity index is 1.85. The minimum absolute atomic E-state index is 0.0142. The molecule has 1 saturated carbocycles. The summed E-state index contributed by atoms with van der Waals surface area (Å²) in [6, 6.07) is 11.9. The third kappa shape index (κ3) is 5.05. The highest BCUT2D eigenvalue weighted by Gasteiger charge is 2.37. The molecule has 1 heterocycles. The van der Waals surface area contributed by atoms with Gasteiger partial charge in [-0.1, -0.05) is 78.0 Å². The monoisotopic (exact) mass is 505 g/mol. The molecule has 172 valence electrons. The van der Waals surface area contributed by atoms with Crippen LogP contribution in [0.1, 0.15) is 53.3 Å². The van der Waals surface area contributed by atoms with Gasteiger partial charge in [0.2, 0.25) is 5.91 Å². The van der Waals surface area contributed by atoms with Gasteiger partial charge in [0.1, 0.15) is 21.2 Å². The number of halogens is 3. The minimum Gasteiger partial charge on any atom is -0.351 e. The average Bonchev–Trinajstić information content (AvgIpc) is 3.43. The fraction of sp³-hybridized carbons (Fsp3) is 0.292. The van der Waals surface area contributed by atoms with Crippen molar-refractivity contribution in [1.82, 2.24) is 9.69 Å². The van der Waals surface area contributed by atoms with Crippen LogP contribution in [0.2, 0.25) is 9.36 Å². The van der Waals surface area contributed by atoms with Crippen LogP contribution in [-0.4, -0.2) is 22.2 Å². The van der Waals surface area contributed by atoms with E-state index in [0.29, 0.717) is 5.56 Å². The number of hydrogen-bond donors (Lipinski definition) is 1. The van der Waals surface area contributed by atoms with Crippen LogP contribution in [0.25, 0.3) is 0 Å². The van der Waals surface area contributed by atoms with Gasteiger partial charge in [0.15, 0.2) is 5.69 Å². The summed E-state index contributed by atoms with van der Waals surface area (Å²) in [7, 11) is 0. The van der Waals surface area contributed by atoms with Crippen molar-refractivity contribution >= 4 is 52.2 Å². The van der Waals surface area contributed by atoms with Gasteiger partial charge in [-0.15, -0.1) is 0 Å². The van der Waals surface area contributed by atoms with Crippen LogP contribution in [0, 0.1) is 12.7 Å². The first-order valence-corrected chi connectivity index (χ1v) is 12.2. The summed E-state index contributed by atoms with van der Waals surface area (Å²) in [5.41, 5.74) is 1.37. The van der Waals surface area contributed by atoms with Crippen LogP contribution >= 0.6 is 34.7 Å². The fourth-order valence-electron chi connectivity index (χ4n) is 4.04. The molecule has 2 amide bonds. The molecule has 3 aromatic rings. The average molecular weight is 506 g/mol. The van der Waals surface area contributed by atoms with Crippen molar-refractivity contribution in [1.29, 1.82) is 0 Å². The SMILES string of the molecule is Cc1ccc([C@@H](C(=O)NC2CCCC2)N(C(=O)c2nsc(Cl)c2Cl)c2ccccc2F)cc1. The van der Waals surface area contributed by atoms with E-state index >= 15 is 4.39 Å². The summed E-state index contributed by atoms with van der Waals surface area (Å²) in [5, 5.41) is 3.03. The maximum absolute atomic E-state index is 15.0. The number of amides is 2. The maximum atomic E-state index is 15.0. The number of para-hydroxylation sites is 1. The summed E-state index contributed by atoms with van der Waals surface area (Å²) in [5.74, 6) is -1.74. The highest BCUT2D eigenvalue weighted by atomic mass is 35.5. The molecule has 1 aromatic heterocycles. The number of aryl methyl sites for hydroxylation is 1. The number of rotatable bonds is 6. The van der Waals surface area contributed by atoms with Gasteiger partial charge in [-0.05, 0) is 49.0 Å². The lowest BCUT2D eigenvalue weighted by atomic mass is 10.0. The molecule has 0 radical (unpaired) electrons. The van der Waals surface area contributed by atoms with Crippen molar-refractivity contribution in [3.63, 3.8) is 0 Å². The van der Waals surface area contributed by atoms with Gasteiger partial charge >= 0.3 is 0 Å².